The first-order valence-corrected chi connectivity index (χ1v) is 9.27. The van der Waals surface area contributed by atoms with Crippen molar-refractivity contribution in [2.24, 2.45) is 11.8 Å². The number of esters is 2. The Morgan fingerprint density at radius 3 is 1.50 bits per heavy atom. The normalized spacial score (nSPS) is 29.8. The highest BCUT2D eigenvalue weighted by Crippen LogP contribution is 2.16. The molecule has 2 saturated heterocycles. The monoisotopic (exact) mass is 342 g/mol. The number of carbonyl (C=O) groups is 2. The van der Waals surface area contributed by atoms with Crippen molar-refractivity contribution in [2.45, 2.75) is 65.5 Å². The highest BCUT2D eigenvalue weighted by molar-refractivity contribution is 5.76. The lowest BCUT2D eigenvalue weighted by atomic mass is 9.94. The fourth-order valence-electron chi connectivity index (χ4n) is 3.06. The van der Waals surface area contributed by atoms with Gasteiger partial charge in [-0.25, -0.2) is 0 Å². The van der Waals surface area contributed by atoms with Crippen molar-refractivity contribution in [1.82, 2.24) is 10.6 Å². The van der Waals surface area contributed by atoms with Crippen LogP contribution in [0.1, 0.15) is 53.4 Å². The molecule has 0 aromatic heterocycles. The van der Waals surface area contributed by atoms with Crippen LogP contribution in [-0.2, 0) is 19.1 Å². The van der Waals surface area contributed by atoms with Crippen molar-refractivity contribution >= 4 is 11.9 Å². The van der Waals surface area contributed by atoms with Crippen LogP contribution in [0.3, 0.4) is 0 Å². The van der Waals surface area contributed by atoms with E-state index < -0.39 is 0 Å². The van der Waals surface area contributed by atoms with E-state index in [2.05, 4.69) is 24.5 Å². The Kier molecular flexibility index (Phi) is 9.95. The predicted octanol–water partition coefficient (Wildman–Crippen LogP) is 1.88. The van der Waals surface area contributed by atoms with E-state index in [1.54, 1.807) is 0 Å². The van der Waals surface area contributed by atoms with Crippen molar-refractivity contribution in [3.63, 3.8) is 0 Å². The van der Waals surface area contributed by atoms with Crippen LogP contribution in [0.4, 0.5) is 0 Å². The molecule has 2 rings (SSSR count). The SMILES string of the molecule is CCOC(=O)[C@@H]1C[C@@H](C)CCN1.CCOC(=O)[C@H]1C[C@H](C)CCN1. The van der Waals surface area contributed by atoms with Crippen LogP contribution in [0.15, 0.2) is 0 Å². The fourth-order valence-corrected chi connectivity index (χ4v) is 3.06. The van der Waals surface area contributed by atoms with Crippen LogP contribution in [0.2, 0.25) is 0 Å². The molecular weight excluding hydrogens is 308 g/mol. The number of nitrogens with one attached hydrogen (secondary N) is 2. The number of carbonyl (C=O) groups excluding carboxylic acids is 2. The van der Waals surface area contributed by atoms with Crippen molar-refractivity contribution in [2.75, 3.05) is 26.3 Å². The molecule has 0 radical (unpaired) electrons. The molecule has 2 N–H and O–H groups in total. The zero-order valence-electron chi connectivity index (χ0n) is 15.6. The van der Waals surface area contributed by atoms with E-state index in [1.807, 2.05) is 13.8 Å². The van der Waals surface area contributed by atoms with E-state index in [9.17, 15) is 9.59 Å². The summed E-state index contributed by atoms with van der Waals surface area (Å²) in [7, 11) is 0. The van der Waals surface area contributed by atoms with Crippen LogP contribution in [0.25, 0.3) is 0 Å². The van der Waals surface area contributed by atoms with Gasteiger partial charge in [-0.2, -0.15) is 0 Å². The smallest absolute Gasteiger partial charge is 0.323 e. The maximum atomic E-state index is 11.3. The van der Waals surface area contributed by atoms with Crippen LogP contribution in [-0.4, -0.2) is 50.3 Å². The van der Waals surface area contributed by atoms with Gasteiger partial charge in [-0.15, -0.1) is 0 Å². The lowest BCUT2D eigenvalue weighted by molar-refractivity contribution is -0.147. The second-order valence-corrected chi connectivity index (χ2v) is 6.78. The summed E-state index contributed by atoms with van der Waals surface area (Å²) in [6.07, 6.45) is 4.16. The number of ether oxygens (including phenoxy) is 2. The molecule has 0 bridgehead atoms. The van der Waals surface area contributed by atoms with E-state index >= 15 is 0 Å². The quantitative estimate of drug-likeness (QED) is 0.760. The van der Waals surface area contributed by atoms with Gasteiger partial charge in [-0.3, -0.25) is 9.59 Å². The van der Waals surface area contributed by atoms with Gasteiger partial charge >= 0.3 is 11.9 Å². The number of piperidine rings is 2. The van der Waals surface area contributed by atoms with Gasteiger partial charge in [0.05, 0.1) is 13.2 Å². The van der Waals surface area contributed by atoms with Gasteiger partial charge < -0.3 is 20.1 Å². The Morgan fingerprint density at radius 1 is 0.833 bits per heavy atom. The Morgan fingerprint density at radius 2 is 1.21 bits per heavy atom. The topological polar surface area (TPSA) is 76.7 Å². The van der Waals surface area contributed by atoms with Gasteiger partial charge in [-0.1, -0.05) is 13.8 Å². The molecule has 0 aromatic rings. The van der Waals surface area contributed by atoms with Gasteiger partial charge in [-0.05, 0) is 64.5 Å². The van der Waals surface area contributed by atoms with Crippen LogP contribution in [0, 0.1) is 11.8 Å². The van der Waals surface area contributed by atoms with Crippen molar-refractivity contribution < 1.29 is 19.1 Å². The number of hydrogen-bond donors (Lipinski definition) is 2. The van der Waals surface area contributed by atoms with Crippen molar-refractivity contribution in [3.05, 3.63) is 0 Å². The molecule has 0 spiro atoms. The molecule has 6 nitrogen and oxygen atoms in total. The molecule has 2 fully saturated rings. The second-order valence-electron chi connectivity index (χ2n) is 6.78. The molecule has 4 atom stereocenters. The number of hydrogen-bond acceptors (Lipinski definition) is 6. The zero-order chi connectivity index (χ0) is 17.9. The summed E-state index contributed by atoms with van der Waals surface area (Å²) in [4.78, 5) is 22.5. The van der Waals surface area contributed by atoms with E-state index in [0.29, 0.717) is 25.0 Å². The minimum absolute atomic E-state index is 0.0614. The summed E-state index contributed by atoms with van der Waals surface area (Å²) >= 11 is 0. The molecule has 2 aliphatic heterocycles. The molecule has 0 amide bonds. The molecular formula is C18H34N2O4. The van der Waals surface area contributed by atoms with Gasteiger partial charge in [0.25, 0.3) is 0 Å². The first-order valence-electron chi connectivity index (χ1n) is 9.27. The summed E-state index contributed by atoms with van der Waals surface area (Å²) < 4.78 is 9.86. The molecule has 0 aliphatic carbocycles. The molecule has 140 valence electrons. The van der Waals surface area contributed by atoms with Gasteiger partial charge in [0.1, 0.15) is 12.1 Å². The minimum Gasteiger partial charge on any atom is -0.465 e. The van der Waals surface area contributed by atoms with Gasteiger partial charge in [0.15, 0.2) is 0 Å². The molecule has 24 heavy (non-hydrogen) atoms. The van der Waals surface area contributed by atoms with E-state index in [4.69, 9.17) is 9.47 Å². The van der Waals surface area contributed by atoms with Crippen LogP contribution in [0.5, 0.6) is 0 Å². The summed E-state index contributed by atoms with van der Waals surface area (Å²) in [5.74, 6) is 1.09. The molecule has 2 aliphatic rings. The number of rotatable bonds is 4. The summed E-state index contributed by atoms with van der Waals surface area (Å²) in [6, 6.07) is -0.123. The second kappa shape index (κ2) is 11.4. The van der Waals surface area contributed by atoms with Crippen molar-refractivity contribution in [3.8, 4) is 0 Å². The average molecular weight is 342 g/mol. The van der Waals surface area contributed by atoms with Gasteiger partial charge in [0, 0.05) is 0 Å². The van der Waals surface area contributed by atoms with E-state index in [1.165, 1.54) is 0 Å². The Balaban J connectivity index is 0.000000240. The highest BCUT2D eigenvalue weighted by atomic mass is 16.5. The fraction of sp³-hybridized carbons (Fsp3) is 0.889. The summed E-state index contributed by atoms with van der Waals surface area (Å²) in [5, 5.41) is 6.32. The maximum absolute atomic E-state index is 11.3. The molecule has 0 saturated carbocycles. The Labute approximate surface area is 146 Å². The average Bonchev–Trinajstić information content (AvgIpc) is 2.56. The highest BCUT2D eigenvalue weighted by Gasteiger charge is 2.25. The Hall–Kier alpha value is -1.14. The molecule has 0 unspecified atom stereocenters. The zero-order valence-corrected chi connectivity index (χ0v) is 15.6. The van der Waals surface area contributed by atoms with Crippen molar-refractivity contribution in [1.29, 1.82) is 0 Å². The van der Waals surface area contributed by atoms with E-state index in [0.717, 1.165) is 38.8 Å². The standard InChI is InChI=1S/2C9H17NO2/c2*1-3-12-9(11)8-6-7(2)4-5-10-8/h2*7-8,10H,3-6H2,1-2H3/t2*7-,8-/m10/s1. The first kappa shape index (κ1) is 20.9. The van der Waals surface area contributed by atoms with Gasteiger partial charge in [0.2, 0.25) is 0 Å². The lowest BCUT2D eigenvalue weighted by Crippen LogP contribution is -2.43. The molecule has 2 heterocycles. The third-order valence-corrected chi connectivity index (χ3v) is 4.47. The predicted molar refractivity (Wildman–Crippen MR) is 93.6 cm³/mol. The van der Waals surface area contributed by atoms with Crippen LogP contribution < -0.4 is 10.6 Å². The minimum atomic E-state index is -0.0935. The molecule has 0 aromatic carbocycles. The lowest BCUT2D eigenvalue weighted by Gasteiger charge is -2.26. The third-order valence-electron chi connectivity index (χ3n) is 4.47. The molecule has 6 heteroatoms. The Bertz CT molecular complexity index is 353. The summed E-state index contributed by atoms with van der Waals surface area (Å²) in [6.45, 7) is 10.8. The summed E-state index contributed by atoms with van der Waals surface area (Å²) in [5.41, 5.74) is 0. The van der Waals surface area contributed by atoms with E-state index in [-0.39, 0.29) is 24.0 Å². The third kappa shape index (κ3) is 7.62. The van der Waals surface area contributed by atoms with Crippen LogP contribution >= 0.6 is 0 Å². The largest absolute Gasteiger partial charge is 0.465 e. The first-order chi connectivity index (χ1) is 11.5. The maximum Gasteiger partial charge on any atom is 0.323 e.